The molecule has 3 aromatic rings. The van der Waals surface area contributed by atoms with Gasteiger partial charge in [-0.3, -0.25) is 53.1 Å². The molecule has 8 rings (SSSR count). The van der Waals surface area contributed by atoms with Crippen molar-refractivity contribution in [2.24, 2.45) is 90.7 Å². The monoisotopic (exact) mass is 1550 g/mol. The number of nitrogens with zero attached hydrogens (tertiary/aromatic N) is 5. The number of likely N-dealkylation sites (tertiary alicyclic amines) is 1. The normalized spacial score (nSPS) is 23.3. The number of aromatic nitrogens is 1. The fraction of sp³-hybridized carbons (Fsp3) is 0.641. The number of carbonyl (C=O) groups is 9. The summed E-state index contributed by atoms with van der Waals surface area (Å²) in [6, 6.07) is 6.01. The Morgan fingerprint density at radius 3 is 2.05 bits per heavy atom. The Bertz CT molecular complexity index is 3890. The van der Waals surface area contributed by atoms with Crippen molar-refractivity contribution in [1.29, 1.82) is 0 Å². The first-order valence-electron chi connectivity index (χ1n) is 39.2. The van der Waals surface area contributed by atoms with Crippen LogP contribution in [-0.2, 0) is 59.5 Å². The molecule has 4 aliphatic carbocycles. The fourth-order valence-corrected chi connectivity index (χ4v) is 19.0. The number of aliphatic carboxylic acids is 1. The number of nitrogens with two attached hydrogens (primary N) is 6. The zero-order valence-electron chi connectivity index (χ0n) is 64.4. The van der Waals surface area contributed by atoms with Crippen molar-refractivity contribution in [3.63, 3.8) is 0 Å². The van der Waals surface area contributed by atoms with E-state index >= 15 is 14.4 Å². The Kier molecular flexibility index (Phi) is 31.5. The minimum atomic E-state index is -4.57. The van der Waals surface area contributed by atoms with E-state index in [0.29, 0.717) is 70.6 Å². The SMILES string of the molecule is CC(C)CCC[C@@H](C)[C@H]1CC[C@H]2[C@@H]3CC=C4CC(OC(=O)N[C@@H](CCCN=C(N)N)C(=O)N5CCC[C@H]5C(=O)N[C@@H](CCCN=C(N)N)C(=O)N[C@@H](CCCN)C(=O)N(CCS(=O)(=O)Nc5nccc6ccccc56)[C@@H](CCC(=O)O)C(=O)N[C@@H](CO)C(=O)N[C@@H](Cc5ccccc5)C(N)=O)CC[C@]4(C)[C@H]3CC[C@]12C. The van der Waals surface area contributed by atoms with Gasteiger partial charge in [0.2, 0.25) is 51.4 Å². The number of aliphatic imine (C=N–C) groups is 2. The fourth-order valence-electron chi connectivity index (χ4n) is 18.0. The van der Waals surface area contributed by atoms with E-state index in [1.54, 1.807) is 60.7 Å². The van der Waals surface area contributed by atoms with Gasteiger partial charge in [-0.2, -0.15) is 0 Å². The lowest BCUT2D eigenvalue weighted by Gasteiger charge is -2.58. The van der Waals surface area contributed by atoms with E-state index in [-0.39, 0.29) is 101 Å². The molecule has 0 bridgehead atoms. The number of fused-ring (bicyclic) bond motifs is 6. The van der Waals surface area contributed by atoms with Gasteiger partial charge in [0.15, 0.2) is 11.9 Å². The highest BCUT2D eigenvalue weighted by molar-refractivity contribution is 7.92. The van der Waals surface area contributed by atoms with Crippen LogP contribution in [0.4, 0.5) is 10.6 Å². The second-order valence-electron chi connectivity index (χ2n) is 31.6. The van der Waals surface area contributed by atoms with Crippen molar-refractivity contribution >= 4 is 91.9 Å². The smallest absolute Gasteiger partial charge is 0.408 e. The first-order valence-corrected chi connectivity index (χ1v) is 40.8. The van der Waals surface area contributed by atoms with Crippen LogP contribution in [0, 0.1) is 46.3 Å². The Hall–Kier alpha value is -9.17. The molecule has 0 spiro atoms. The molecule has 31 nitrogen and oxygen atoms in total. The number of hydrogen-bond acceptors (Lipinski definition) is 17. The number of carbonyl (C=O) groups excluding carboxylic acids is 8. The highest BCUT2D eigenvalue weighted by Crippen LogP contribution is 2.67. The third-order valence-corrected chi connectivity index (χ3v) is 24.9. The van der Waals surface area contributed by atoms with Crippen LogP contribution in [0.1, 0.15) is 175 Å². The largest absolute Gasteiger partial charge is 0.481 e. The first-order chi connectivity index (χ1) is 52.4. The van der Waals surface area contributed by atoms with E-state index in [1.165, 1.54) is 61.6 Å². The van der Waals surface area contributed by atoms with Crippen LogP contribution >= 0.6 is 0 Å². The van der Waals surface area contributed by atoms with Crippen LogP contribution < -0.4 is 65.7 Å². The number of carboxylic acid groups (broad SMARTS) is 1. The number of aliphatic hydroxyl groups is 1. The number of nitrogens with one attached hydrogen (secondary N) is 6. The third-order valence-electron chi connectivity index (χ3n) is 23.7. The number of primary amides is 1. The van der Waals surface area contributed by atoms with Gasteiger partial charge < -0.3 is 85.7 Å². The topological polar surface area (TPSA) is 510 Å². The molecule has 606 valence electrons. The number of carboxylic acids is 1. The van der Waals surface area contributed by atoms with Crippen LogP contribution in [0.2, 0.25) is 0 Å². The van der Waals surface area contributed by atoms with Gasteiger partial charge in [0.1, 0.15) is 54.2 Å². The van der Waals surface area contributed by atoms with Gasteiger partial charge in [0.05, 0.1) is 12.4 Å². The van der Waals surface area contributed by atoms with Gasteiger partial charge in [0.25, 0.3) is 0 Å². The van der Waals surface area contributed by atoms with Crippen molar-refractivity contribution in [3.05, 3.63) is 84.1 Å². The quantitative estimate of drug-likeness (QED) is 0.0165. The number of amides is 8. The van der Waals surface area contributed by atoms with E-state index in [4.69, 9.17) is 39.1 Å². The predicted octanol–water partition coefficient (Wildman–Crippen LogP) is 4.04. The summed E-state index contributed by atoms with van der Waals surface area (Å²) in [5.74, 6) is -5.83. The van der Waals surface area contributed by atoms with Crippen molar-refractivity contribution in [2.75, 3.05) is 49.8 Å². The van der Waals surface area contributed by atoms with E-state index in [0.717, 1.165) is 23.7 Å². The molecule has 2 heterocycles. The summed E-state index contributed by atoms with van der Waals surface area (Å²) in [4.78, 5) is 143. The minimum Gasteiger partial charge on any atom is -0.481 e. The molecule has 1 unspecified atom stereocenters. The summed E-state index contributed by atoms with van der Waals surface area (Å²) in [5.41, 5.74) is 36.6. The highest BCUT2D eigenvalue weighted by Gasteiger charge is 2.59. The summed E-state index contributed by atoms with van der Waals surface area (Å²) in [5, 5.41) is 34.8. The molecule has 3 saturated carbocycles. The molecule has 1 aromatic heterocycles. The zero-order chi connectivity index (χ0) is 80.0. The Balaban J connectivity index is 1.01. The number of benzene rings is 2. The summed E-state index contributed by atoms with van der Waals surface area (Å²) in [6.45, 7) is 10.2. The van der Waals surface area contributed by atoms with Gasteiger partial charge in [0, 0.05) is 57.0 Å². The van der Waals surface area contributed by atoms with Crippen LogP contribution in [-0.4, -0.2) is 192 Å². The van der Waals surface area contributed by atoms with E-state index in [2.05, 4.69) is 87.0 Å². The number of alkyl carbamates (subject to hydrolysis) is 1. The van der Waals surface area contributed by atoms with Gasteiger partial charge in [-0.05, 0) is 173 Å². The summed E-state index contributed by atoms with van der Waals surface area (Å²) in [7, 11) is -4.57. The van der Waals surface area contributed by atoms with Crippen LogP contribution in [0.5, 0.6) is 0 Å². The maximum atomic E-state index is 15.6. The summed E-state index contributed by atoms with van der Waals surface area (Å²) < 4.78 is 37.2. The molecular weight excluding hydrogens is 1430 g/mol. The van der Waals surface area contributed by atoms with Gasteiger partial charge in [-0.25, -0.2) is 18.2 Å². The number of pyridine rings is 1. The van der Waals surface area contributed by atoms with Crippen LogP contribution in [0.15, 0.2) is 88.5 Å². The molecular formula is C78H119N17O14S. The molecule has 8 amide bonds. The Morgan fingerprint density at radius 1 is 0.709 bits per heavy atom. The average molecular weight is 1550 g/mol. The Labute approximate surface area is 645 Å². The molecule has 4 fully saturated rings. The molecule has 20 N–H and O–H groups in total. The van der Waals surface area contributed by atoms with Crippen LogP contribution in [0.25, 0.3) is 10.8 Å². The maximum Gasteiger partial charge on any atom is 0.408 e. The van der Waals surface area contributed by atoms with Crippen molar-refractivity contribution in [1.82, 2.24) is 41.4 Å². The number of anilines is 1. The van der Waals surface area contributed by atoms with Crippen molar-refractivity contribution in [2.45, 2.75) is 224 Å². The average Bonchev–Trinajstić information content (AvgIpc) is 1.43. The molecule has 1 aliphatic heterocycles. The number of rotatable bonds is 41. The van der Waals surface area contributed by atoms with E-state index in [9.17, 15) is 47.4 Å². The number of aliphatic hydroxyl groups excluding tert-OH is 1. The minimum absolute atomic E-state index is 0.00702. The second-order valence-corrected chi connectivity index (χ2v) is 33.4. The molecule has 5 aliphatic rings. The molecule has 110 heavy (non-hydrogen) atoms. The zero-order valence-corrected chi connectivity index (χ0v) is 65.2. The molecule has 2 aromatic carbocycles. The van der Waals surface area contributed by atoms with Crippen molar-refractivity contribution < 1.29 is 66.5 Å². The standard InChI is InChI=1S/C78H119N17O14S/c1-47(2)16-11-17-48(3)55-28-29-56-54-27-26-51-45-52(32-35-77(51,4)57(54)33-36-78(55,56)5)109-76(106)92-60(24-14-39-87-75(83)84)73(105)94-41-15-25-63(94)70(102)88-58(23-13-38-86-74(81)82)68(100)89-59(22-12-37-79)72(104)95(42-43-110(107,108)93-67-53-21-10-9-20-50(53)34-40-85-67)64(30-31-65(97)98)71(103)91-62(46-96)69(101)90-61(66(80)99)44-49-18-7-6-8-19-49/h6-10,18-21,26,34,40,47-48,52,54-64,96H,11-17,22-25,27-33,35-39,41-46,79H2,1-5H3,(H2,80,99)(H,85,93)(H,88,102)(H,89,100)(H,90,101)(H,91,103)(H,92,106)(H,97,98)(H4,81,82,86)(H4,83,84,87)/t48-,52?,54+,55-,56+,57+,58+,59+,60+,61+,62+,63+,64+,77+,78-/m1/s1. The maximum absolute atomic E-state index is 15.6. The summed E-state index contributed by atoms with van der Waals surface area (Å²) >= 11 is 0. The lowest BCUT2D eigenvalue weighted by Crippen LogP contribution is -2.61. The predicted molar refractivity (Wildman–Crippen MR) is 419 cm³/mol. The number of sulfonamides is 1. The molecule has 0 radical (unpaired) electrons. The third kappa shape index (κ3) is 23.2. The summed E-state index contributed by atoms with van der Waals surface area (Å²) in [6.07, 6.45) is 13.1. The second kappa shape index (κ2) is 40.2. The number of hydrogen-bond donors (Lipinski definition) is 14. The van der Waals surface area contributed by atoms with E-state index < -0.39 is 144 Å². The number of guanidine groups is 2. The Morgan fingerprint density at radius 2 is 1.37 bits per heavy atom. The molecule has 15 atom stereocenters. The van der Waals surface area contributed by atoms with Gasteiger partial charge in [-0.1, -0.05) is 120 Å². The van der Waals surface area contributed by atoms with Crippen molar-refractivity contribution in [3.8, 4) is 0 Å². The van der Waals surface area contributed by atoms with Gasteiger partial charge in [-0.15, -0.1) is 0 Å². The lowest BCUT2D eigenvalue weighted by atomic mass is 9.47. The van der Waals surface area contributed by atoms with Gasteiger partial charge >= 0.3 is 12.1 Å². The molecule has 1 saturated heterocycles. The number of ether oxygens (including phenoxy) is 1. The highest BCUT2D eigenvalue weighted by atomic mass is 32.2. The van der Waals surface area contributed by atoms with Crippen LogP contribution in [0.3, 0.4) is 0 Å². The lowest BCUT2D eigenvalue weighted by molar-refractivity contribution is -0.146. The molecule has 32 heteroatoms. The van der Waals surface area contributed by atoms with E-state index in [1.807, 2.05) is 0 Å². The number of allylic oxidation sites excluding steroid dienone is 1. The first kappa shape index (κ1) is 86.4.